The Balaban J connectivity index is 1.87. The first-order valence-corrected chi connectivity index (χ1v) is 8.28. The van der Waals surface area contributed by atoms with E-state index in [2.05, 4.69) is 34.6 Å². The maximum atomic E-state index is 12.8. The minimum Gasteiger partial charge on any atom is -0.372 e. The van der Waals surface area contributed by atoms with E-state index in [1.165, 1.54) is 30.5 Å². The first-order valence-electron chi connectivity index (χ1n) is 8.28. The molecular formula is C19H21FN4O2. The number of hydrazone groups is 1. The van der Waals surface area contributed by atoms with Gasteiger partial charge >= 0.3 is 11.8 Å². The Kier molecular flexibility index (Phi) is 6.84. The third-order valence-corrected chi connectivity index (χ3v) is 3.71. The van der Waals surface area contributed by atoms with Crippen LogP contribution in [0.15, 0.2) is 53.6 Å². The van der Waals surface area contributed by atoms with Gasteiger partial charge in [-0.3, -0.25) is 9.59 Å². The molecule has 0 aliphatic carbocycles. The summed E-state index contributed by atoms with van der Waals surface area (Å²) in [5.74, 6) is -2.22. The van der Waals surface area contributed by atoms with Gasteiger partial charge in [0.1, 0.15) is 5.82 Å². The standard InChI is InChI=1S/C19H21FN4O2/c1-3-24(4-2)17-11-5-14(6-12-17)13-21-23-19(26)18(25)22-16-9-7-15(20)8-10-16/h5-13H,3-4H2,1-2H3,(H,22,25)(H,23,26)/b21-13+. The van der Waals surface area contributed by atoms with E-state index in [9.17, 15) is 14.0 Å². The molecule has 0 unspecified atom stereocenters. The SMILES string of the molecule is CCN(CC)c1ccc(/C=N/NC(=O)C(=O)Nc2ccc(F)cc2)cc1. The molecule has 2 N–H and O–H groups in total. The molecule has 26 heavy (non-hydrogen) atoms. The Morgan fingerprint density at radius 1 is 1.00 bits per heavy atom. The lowest BCUT2D eigenvalue weighted by Crippen LogP contribution is -2.32. The van der Waals surface area contributed by atoms with Gasteiger partial charge in [-0.2, -0.15) is 5.10 Å². The molecule has 7 heteroatoms. The fourth-order valence-electron chi connectivity index (χ4n) is 2.30. The summed E-state index contributed by atoms with van der Waals surface area (Å²) in [5, 5.41) is 6.13. The lowest BCUT2D eigenvalue weighted by Gasteiger charge is -2.20. The average molecular weight is 356 g/mol. The van der Waals surface area contributed by atoms with E-state index >= 15 is 0 Å². The molecule has 0 radical (unpaired) electrons. The Hall–Kier alpha value is -3.22. The van der Waals surface area contributed by atoms with Crippen LogP contribution >= 0.6 is 0 Å². The van der Waals surface area contributed by atoms with Crippen molar-refractivity contribution in [1.82, 2.24) is 5.43 Å². The van der Waals surface area contributed by atoms with Gasteiger partial charge in [-0.15, -0.1) is 0 Å². The number of carbonyl (C=O) groups excluding carboxylic acids is 2. The maximum absolute atomic E-state index is 12.8. The molecule has 0 aliphatic heterocycles. The minimum absolute atomic E-state index is 0.322. The van der Waals surface area contributed by atoms with Crippen LogP contribution in [0.3, 0.4) is 0 Å². The first-order chi connectivity index (χ1) is 12.5. The van der Waals surface area contributed by atoms with E-state index in [-0.39, 0.29) is 0 Å². The van der Waals surface area contributed by atoms with Crippen molar-refractivity contribution < 1.29 is 14.0 Å². The highest BCUT2D eigenvalue weighted by molar-refractivity contribution is 6.39. The Labute approximate surface area is 151 Å². The summed E-state index contributed by atoms with van der Waals surface area (Å²) in [5.41, 5.74) is 4.38. The molecule has 0 bridgehead atoms. The lowest BCUT2D eigenvalue weighted by atomic mass is 10.2. The van der Waals surface area contributed by atoms with Crippen LogP contribution in [0.2, 0.25) is 0 Å². The van der Waals surface area contributed by atoms with Crippen molar-refractivity contribution in [2.75, 3.05) is 23.3 Å². The molecule has 0 aromatic heterocycles. The van der Waals surface area contributed by atoms with Gasteiger partial charge in [-0.1, -0.05) is 12.1 Å². The van der Waals surface area contributed by atoms with Crippen LogP contribution in [0.5, 0.6) is 0 Å². The number of nitrogens with one attached hydrogen (secondary N) is 2. The highest BCUT2D eigenvalue weighted by Gasteiger charge is 2.12. The summed E-state index contributed by atoms with van der Waals surface area (Å²) in [7, 11) is 0. The number of hydrogen-bond acceptors (Lipinski definition) is 4. The quantitative estimate of drug-likeness (QED) is 0.475. The molecule has 0 aliphatic rings. The smallest absolute Gasteiger partial charge is 0.329 e. The molecule has 136 valence electrons. The van der Waals surface area contributed by atoms with Crippen LogP contribution in [0.25, 0.3) is 0 Å². The van der Waals surface area contributed by atoms with Crippen molar-refractivity contribution in [3.63, 3.8) is 0 Å². The highest BCUT2D eigenvalue weighted by Crippen LogP contribution is 2.14. The predicted molar refractivity (Wildman–Crippen MR) is 101 cm³/mol. The van der Waals surface area contributed by atoms with E-state index < -0.39 is 17.6 Å². The van der Waals surface area contributed by atoms with Gasteiger partial charge in [0, 0.05) is 24.5 Å². The van der Waals surface area contributed by atoms with Gasteiger partial charge in [-0.05, 0) is 55.8 Å². The molecule has 0 heterocycles. The van der Waals surface area contributed by atoms with Crippen molar-refractivity contribution >= 4 is 29.4 Å². The van der Waals surface area contributed by atoms with E-state index in [4.69, 9.17) is 0 Å². The normalized spacial score (nSPS) is 10.6. The van der Waals surface area contributed by atoms with E-state index in [0.717, 1.165) is 24.3 Å². The van der Waals surface area contributed by atoms with E-state index in [0.29, 0.717) is 5.69 Å². The number of hydrogen-bond donors (Lipinski definition) is 2. The highest BCUT2D eigenvalue weighted by atomic mass is 19.1. The lowest BCUT2D eigenvalue weighted by molar-refractivity contribution is -0.136. The summed E-state index contributed by atoms with van der Waals surface area (Å²) in [4.78, 5) is 25.6. The second kappa shape index (κ2) is 9.31. The molecule has 2 rings (SSSR count). The zero-order valence-electron chi connectivity index (χ0n) is 14.7. The molecule has 2 amide bonds. The molecule has 0 spiro atoms. The molecule has 2 aromatic rings. The third-order valence-electron chi connectivity index (χ3n) is 3.71. The van der Waals surface area contributed by atoms with Gasteiger partial charge in [0.25, 0.3) is 0 Å². The van der Waals surface area contributed by atoms with Crippen molar-refractivity contribution in [3.8, 4) is 0 Å². The number of halogens is 1. The Morgan fingerprint density at radius 2 is 1.62 bits per heavy atom. The van der Waals surface area contributed by atoms with Crippen molar-refractivity contribution in [2.45, 2.75) is 13.8 Å². The van der Waals surface area contributed by atoms with Crippen LogP contribution in [0, 0.1) is 5.82 Å². The summed E-state index contributed by atoms with van der Waals surface area (Å²) >= 11 is 0. The zero-order valence-corrected chi connectivity index (χ0v) is 14.7. The van der Waals surface area contributed by atoms with Crippen LogP contribution in [0.1, 0.15) is 19.4 Å². The van der Waals surface area contributed by atoms with Gasteiger partial charge in [0.2, 0.25) is 0 Å². The fourth-order valence-corrected chi connectivity index (χ4v) is 2.30. The van der Waals surface area contributed by atoms with Crippen LogP contribution in [-0.2, 0) is 9.59 Å². The molecule has 0 atom stereocenters. The minimum atomic E-state index is -0.912. The number of benzene rings is 2. The number of nitrogens with zero attached hydrogens (tertiary/aromatic N) is 2. The van der Waals surface area contributed by atoms with Crippen LogP contribution in [-0.4, -0.2) is 31.1 Å². The fraction of sp³-hybridized carbons (Fsp3) is 0.211. The van der Waals surface area contributed by atoms with Gasteiger partial charge in [0.15, 0.2) is 0 Å². The Bertz CT molecular complexity index is 769. The monoisotopic (exact) mass is 356 g/mol. The van der Waals surface area contributed by atoms with Gasteiger partial charge in [0.05, 0.1) is 6.21 Å². The molecule has 0 fully saturated rings. The number of rotatable bonds is 6. The first kappa shape index (κ1) is 19.1. The second-order valence-electron chi connectivity index (χ2n) is 5.42. The number of amides is 2. The topological polar surface area (TPSA) is 73.8 Å². The largest absolute Gasteiger partial charge is 0.372 e. The molecule has 0 saturated carbocycles. The van der Waals surface area contributed by atoms with Gasteiger partial charge < -0.3 is 10.2 Å². The number of carbonyl (C=O) groups is 2. The van der Waals surface area contributed by atoms with Crippen molar-refractivity contribution in [3.05, 3.63) is 59.9 Å². The summed E-state index contributed by atoms with van der Waals surface area (Å²) in [6.07, 6.45) is 1.45. The summed E-state index contributed by atoms with van der Waals surface area (Å²) < 4.78 is 12.8. The molecule has 2 aromatic carbocycles. The number of anilines is 2. The zero-order chi connectivity index (χ0) is 18.9. The van der Waals surface area contributed by atoms with Crippen LogP contribution in [0.4, 0.5) is 15.8 Å². The van der Waals surface area contributed by atoms with Crippen molar-refractivity contribution in [2.24, 2.45) is 5.10 Å². The van der Waals surface area contributed by atoms with E-state index in [1.807, 2.05) is 24.3 Å². The Morgan fingerprint density at radius 3 is 2.19 bits per heavy atom. The van der Waals surface area contributed by atoms with Crippen LogP contribution < -0.4 is 15.6 Å². The molecule has 0 saturated heterocycles. The van der Waals surface area contributed by atoms with Crippen molar-refractivity contribution in [1.29, 1.82) is 0 Å². The third kappa shape index (κ3) is 5.41. The summed E-state index contributed by atoms with van der Waals surface area (Å²) in [6.45, 7) is 6.02. The predicted octanol–water partition coefficient (Wildman–Crippen LogP) is 2.76. The maximum Gasteiger partial charge on any atom is 0.329 e. The molecular weight excluding hydrogens is 335 g/mol. The second-order valence-corrected chi connectivity index (χ2v) is 5.42. The van der Waals surface area contributed by atoms with E-state index in [1.54, 1.807) is 0 Å². The summed E-state index contributed by atoms with van der Waals surface area (Å²) in [6, 6.07) is 12.8. The average Bonchev–Trinajstić information content (AvgIpc) is 2.65. The molecule has 6 nitrogen and oxygen atoms in total. The van der Waals surface area contributed by atoms with Gasteiger partial charge in [-0.25, -0.2) is 9.82 Å².